The van der Waals surface area contributed by atoms with Crippen molar-refractivity contribution in [2.24, 2.45) is 5.92 Å². The number of Topliss-reactive ketones (excluding diaryl/α,β-unsaturated/α-hetero) is 1. The molecule has 0 N–H and O–H groups in total. The van der Waals surface area contributed by atoms with Crippen molar-refractivity contribution in [3.63, 3.8) is 0 Å². The summed E-state index contributed by atoms with van der Waals surface area (Å²) in [6, 6.07) is 0.727. The van der Waals surface area contributed by atoms with E-state index < -0.39 is 8.41 Å². The SMILES string of the molecule is C[Si](C)(F)CCC1CCCC(=O)C1. The topological polar surface area (TPSA) is 17.1 Å². The van der Waals surface area contributed by atoms with Crippen molar-refractivity contribution >= 4 is 14.2 Å². The number of carbonyl (C=O) groups is 1. The lowest BCUT2D eigenvalue weighted by Gasteiger charge is -2.22. The standard InChI is InChI=1S/C10H19FOSi/c1-13(2,11)7-6-9-4-3-5-10(12)8-9/h9H,3-8H2,1-2H3. The minimum absolute atomic E-state index is 0.384. The molecular weight excluding hydrogens is 183 g/mol. The van der Waals surface area contributed by atoms with E-state index in [0.29, 0.717) is 18.1 Å². The van der Waals surface area contributed by atoms with E-state index in [1.165, 1.54) is 0 Å². The molecule has 1 aliphatic carbocycles. The van der Waals surface area contributed by atoms with Crippen LogP contribution in [-0.2, 0) is 4.79 Å². The second-order valence-corrected chi connectivity index (χ2v) is 8.70. The number of hydrogen-bond acceptors (Lipinski definition) is 1. The van der Waals surface area contributed by atoms with E-state index >= 15 is 0 Å². The van der Waals surface area contributed by atoms with Gasteiger partial charge in [-0.25, -0.2) is 0 Å². The number of ketones is 1. The van der Waals surface area contributed by atoms with Crippen molar-refractivity contribution in [2.45, 2.75) is 51.2 Å². The zero-order valence-electron chi connectivity index (χ0n) is 8.61. The predicted molar refractivity (Wildman–Crippen MR) is 55.0 cm³/mol. The molecule has 0 radical (unpaired) electrons. The van der Waals surface area contributed by atoms with Gasteiger partial charge in [-0.15, -0.1) is 0 Å². The second-order valence-electron chi connectivity index (χ2n) is 4.76. The zero-order chi connectivity index (χ0) is 9.90. The highest BCUT2D eigenvalue weighted by Gasteiger charge is 2.25. The van der Waals surface area contributed by atoms with Gasteiger partial charge in [0.15, 0.2) is 0 Å². The number of halogens is 1. The minimum atomic E-state index is -2.37. The Hall–Kier alpha value is -0.183. The van der Waals surface area contributed by atoms with E-state index in [1.807, 2.05) is 0 Å². The van der Waals surface area contributed by atoms with Gasteiger partial charge in [0, 0.05) is 12.8 Å². The second kappa shape index (κ2) is 4.36. The molecule has 1 fully saturated rings. The largest absolute Gasteiger partial charge is 0.314 e. The van der Waals surface area contributed by atoms with Gasteiger partial charge in [-0.2, -0.15) is 0 Å². The van der Waals surface area contributed by atoms with E-state index in [0.717, 1.165) is 31.7 Å². The number of carbonyl (C=O) groups excluding carboxylic acids is 1. The average molecular weight is 202 g/mol. The molecular formula is C10H19FOSi. The van der Waals surface area contributed by atoms with Crippen LogP contribution in [0.4, 0.5) is 4.11 Å². The van der Waals surface area contributed by atoms with Gasteiger partial charge in [0.1, 0.15) is 5.78 Å². The molecule has 0 spiro atoms. The normalized spacial score (nSPS) is 24.8. The molecule has 0 bridgehead atoms. The molecule has 0 aromatic carbocycles. The van der Waals surface area contributed by atoms with Crippen molar-refractivity contribution in [2.75, 3.05) is 0 Å². The highest BCUT2D eigenvalue weighted by molar-refractivity contribution is 6.70. The zero-order valence-corrected chi connectivity index (χ0v) is 9.61. The van der Waals surface area contributed by atoms with Gasteiger partial charge in [0.05, 0.1) is 0 Å². The van der Waals surface area contributed by atoms with Crippen LogP contribution in [0.2, 0.25) is 19.1 Å². The Morgan fingerprint density at radius 2 is 2.23 bits per heavy atom. The first-order chi connectivity index (χ1) is 5.97. The van der Waals surface area contributed by atoms with Crippen LogP contribution in [0.15, 0.2) is 0 Å². The molecule has 0 amide bonds. The molecule has 76 valence electrons. The third kappa shape index (κ3) is 4.55. The Labute approximate surface area is 80.9 Å². The fourth-order valence-electron chi connectivity index (χ4n) is 1.91. The molecule has 3 heteroatoms. The van der Waals surface area contributed by atoms with Gasteiger partial charge < -0.3 is 4.11 Å². The highest BCUT2D eigenvalue weighted by atomic mass is 28.4. The molecule has 1 rings (SSSR count). The summed E-state index contributed by atoms with van der Waals surface area (Å²) < 4.78 is 13.3. The Balaban J connectivity index is 2.25. The van der Waals surface area contributed by atoms with Crippen LogP contribution in [0.25, 0.3) is 0 Å². The predicted octanol–water partition coefficient (Wildman–Crippen LogP) is 3.31. The average Bonchev–Trinajstić information content (AvgIpc) is 2.00. The molecule has 0 aliphatic heterocycles. The first-order valence-corrected chi connectivity index (χ1v) is 8.26. The van der Waals surface area contributed by atoms with Crippen molar-refractivity contribution < 1.29 is 8.90 Å². The van der Waals surface area contributed by atoms with E-state index in [2.05, 4.69) is 0 Å². The van der Waals surface area contributed by atoms with Crippen molar-refractivity contribution in [3.8, 4) is 0 Å². The van der Waals surface area contributed by atoms with Gasteiger partial charge >= 0.3 is 0 Å². The summed E-state index contributed by atoms with van der Waals surface area (Å²) in [5, 5.41) is 0. The number of rotatable bonds is 3. The monoisotopic (exact) mass is 202 g/mol. The summed E-state index contributed by atoms with van der Waals surface area (Å²) in [4.78, 5) is 11.1. The van der Waals surface area contributed by atoms with Gasteiger partial charge in [0.25, 0.3) is 0 Å². The van der Waals surface area contributed by atoms with E-state index in [4.69, 9.17) is 0 Å². The van der Waals surface area contributed by atoms with E-state index in [-0.39, 0.29) is 0 Å². The van der Waals surface area contributed by atoms with Crippen LogP contribution in [0.5, 0.6) is 0 Å². The van der Waals surface area contributed by atoms with Crippen LogP contribution in [0, 0.1) is 5.92 Å². The summed E-state index contributed by atoms with van der Waals surface area (Å²) in [5.41, 5.74) is 0. The first-order valence-electron chi connectivity index (χ1n) is 5.18. The molecule has 0 aromatic heterocycles. The third-order valence-corrected chi connectivity index (χ3v) is 4.21. The Morgan fingerprint density at radius 3 is 2.77 bits per heavy atom. The van der Waals surface area contributed by atoms with Crippen molar-refractivity contribution in [3.05, 3.63) is 0 Å². The summed E-state index contributed by atoms with van der Waals surface area (Å²) in [6.45, 7) is 3.50. The fraction of sp³-hybridized carbons (Fsp3) is 0.900. The smallest absolute Gasteiger partial charge is 0.240 e. The minimum Gasteiger partial charge on any atom is -0.314 e. The maximum atomic E-state index is 13.3. The van der Waals surface area contributed by atoms with Gasteiger partial charge in [-0.05, 0) is 37.9 Å². The van der Waals surface area contributed by atoms with Crippen LogP contribution in [0.1, 0.15) is 32.1 Å². The van der Waals surface area contributed by atoms with E-state index in [1.54, 1.807) is 13.1 Å². The Kier molecular flexibility index (Phi) is 3.65. The molecule has 1 saturated carbocycles. The van der Waals surface area contributed by atoms with E-state index in [9.17, 15) is 8.90 Å². The maximum absolute atomic E-state index is 13.3. The lowest BCUT2D eigenvalue weighted by molar-refractivity contribution is -0.121. The maximum Gasteiger partial charge on any atom is 0.240 e. The van der Waals surface area contributed by atoms with Gasteiger partial charge in [-0.3, -0.25) is 4.79 Å². The third-order valence-electron chi connectivity index (χ3n) is 2.73. The van der Waals surface area contributed by atoms with Gasteiger partial charge in [-0.1, -0.05) is 6.42 Å². The van der Waals surface area contributed by atoms with Crippen LogP contribution < -0.4 is 0 Å². The fourth-order valence-corrected chi connectivity index (χ4v) is 3.00. The van der Waals surface area contributed by atoms with Crippen LogP contribution in [0.3, 0.4) is 0 Å². The molecule has 1 nitrogen and oxygen atoms in total. The summed E-state index contributed by atoms with van der Waals surface area (Å²) in [5.74, 6) is 0.873. The van der Waals surface area contributed by atoms with Crippen molar-refractivity contribution in [1.82, 2.24) is 0 Å². The summed E-state index contributed by atoms with van der Waals surface area (Å²) in [6.07, 6.45) is 4.56. The van der Waals surface area contributed by atoms with Crippen LogP contribution in [-0.4, -0.2) is 14.2 Å². The first kappa shape index (κ1) is 10.9. The summed E-state index contributed by atoms with van der Waals surface area (Å²) in [7, 11) is -2.37. The van der Waals surface area contributed by atoms with Gasteiger partial charge in [0.2, 0.25) is 8.41 Å². The van der Waals surface area contributed by atoms with Crippen LogP contribution >= 0.6 is 0 Å². The Morgan fingerprint density at radius 1 is 1.54 bits per heavy atom. The molecule has 13 heavy (non-hydrogen) atoms. The molecule has 1 atom stereocenters. The number of hydrogen-bond donors (Lipinski definition) is 0. The highest BCUT2D eigenvalue weighted by Crippen LogP contribution is 2.28. The molecule has 1 aliphatic rings. The van der Waals surface area contributed by atoms with Crippen molar-refractivity contribution in [1.29, 1.82) is 0 Å². The lowest BCUT2D eigenvalue weighted by Crippen LogP contribution is -2.21. The Bertz CT molecular complexity index is 186. The lowest BCUT2D eigenvalue weighted by atomic mass is 9.87. The quantitative estimate of drug-likeness (QED) is 0.507. The molecule has 0 saturated heterocycles. The molecule has 0 aromatic rings. The molecule has 0 heterocycles. The molecule has 1 unspecified atom stereocenters. The summed E-state index contributed by atoms with van der Waals surface area (Å²) >= 11 is 0.